The molecule has 11 heavy (non-hydrogen) atoms. The van der Waals surface area contributed by atoms with Crippen molar-refractivity contribution in [3.63, 3.8) is 0 Å². The third kappa shape index (κ3) is 1.69. The summed E-state index contributed by atoms with van der Waals surface area (Å²) >= 11 is 0. The average Bonchev–Trinajstić information content (AvgIpc) is 1.77. The summed E-state index contributed by atoms with van der Waals surface area (Å²) < 4.78 is 5.54. The largest absolute Gasteiger partial charge is 0.357 e. The molecule has 2 nitrogen and oxygen atoms in total. The number of ether oxygens (including phenoxy) is 1. The molecular formula is C9H14O2. The molecule has 0 spiro atoms. The summed E-state index contributed by atoms with van der Waals surface area (Å²) in [6.45, 7) is 7.47. The van der Waals surface area contributed by atoms with E-state index in [4.69, 9.17) is 4.74 Å². The fraction of sp³-hybridized carbons (Fsp3) is 0.667. The Morgan fingerprint density at radius 3 is 2.18 bits per heavy atom. The van der Waals surface area contributed by atoms with Crippen molar-refractivity contribution in [2.45, 2.75) is 38.9 Å². The molecular weight excluding hydrogens is 140 g/mol. The van der Waals surface area contributed by atoms with Crippen molar-refractivity contribution in [2.75, 3.05) is 0 Å². The zero-order valence-electron chi connectivity index (χ0n) is 7.47. The van der Waals surface area contributed by atoms with Gasteiger partial charge in [0, 0.05) is 0 Å². The Labute approximate surface area is 67.2 Å². The molecule has 1 rings (SSSR count). The lowest BCUT2D eigenvalue weighted by molar-refractivity contribution is -0.152. The molecule has 0 aromatic rings. The quantitative estimate of drug-likeness (QED) is 0.531. The lowest BCUT2D eigenvalue weighted by atomic mass is 9.94. The molecule has 0 aliphatic carbocycles. The molecule has 0 aromatic carbocycles. The van der Waals surface area contributed by atoms with Crippen LogP contribution >= 0.6 is 0 Å². The van der Waals surface area contributed by atoms with Crippen molar-refractivity contribution in [1.82, 2.24) is 0 Å². The summed E-state index contributed by atoms with van der Waals surface area (Å²) in [6.07, 6.45) is 3.39. The van der Waals surface area contributed by atoms with Crippen molar-refractivity contribution in [3.8, 4) is 0 Å². The third-order valence-electron chi connectivity index (χ3n) is 1.75. The van der Waals surface area contributed by atoms with Crippen LogP contribution < -0.4 is 0 Å². The second kappa shape index (κ2) is 2.18. The lowest BCUT2D eigenvalue weighted by Crippen LogP contribution is -2.44. The summed E-state index contributed by atoms with van der Waals surface area (Å²) in [5, 5.41) is 0. The highest BCUT2D eigenvalue weighted by atomic mass is 16.5. The Kier molecular flexibility index (Phi) is 1.67. The van der Waals surface area contributed by atoms with Crippen LogP contribution in [-0.4, -0.2) is 17.0 Å². The highest BCUT2D eigenvalue weighted by molar-refractivity contribution is 5.97. The van der Waals surface area contributed by atoms with Gasteiger partial charge in [0.05, 0.1) is 5.60 Å². The molecule has 1 aliphatic rings. The molecule has 0 bridgehead atoms. The Morgan fingerprint density at radius 2 is 1.82 bits per heavy atom. The molecule has 0 N–H and O–H groups in total. The highest BCUT2D eigenvalue weighted by Crippen LogP contribution is 2.26. The van der Waals surface area contributed by atoms with Gasteiger partial charge in [-0.15, -0.1) is 0 Å². The van der Waals surface area contributed by atoms with Gasteiger partial charge >= 0.3 is 0 Å². The standard InChI is InChI=1S/C9H14O2/c1-8(2)6-5-7(10)9(3,4)11-8/h5-6H,1-4H3. The normalized spacial score (nSPS) is 27.1. The number of ketones is 1. The topological polar surface area (TPSA) is 26.3 Å². The van der Waals surface area contributed by atoms with Crippen molar-refractivity contribution in [1.29, 1.82) is 0 Å². The van der Waals surface area contributed by atoms with Gasteiger partial charge < -0.3 is 4.74 Å². The molecule has 0 fully saturated rings. The van der Waals surface area contributed by atoms with E-state index in [-0.39, 0.29) is 11.4 Å². The van der Waals surface area contributed by atoms with Crippen LogP contribution in [0.15, 0.2) is 12.2 Å². The smallest absolute Gasteiger partial charge is 0.186 e. The van der Waals surface area contributed by atoms with Gasteiger partial charge in [-0.2, -0.15) is 0 Å². The van der Waals surface area contributed by atoms with E-state index in [1.165, 1.54) is 0 Å². The Balaban J connectivity index is 2.94. The van der Waals surface area contributed by atoms with Gasteiger partial charge in [-0.1, -0.05) is 0 Å². The van der Waals surface area contributed by atoms with Gasteiger partial charge in [0.15, 0.2) is 5.78 Å². The van der Waals surface area contributed by atoms with E-state index in [0.29, 0.717) is 0 Å². The summed E-state index contributed by atoms with van der Waals surface area (Å²) in [5.74, 6) is 0.0387. The summed E-state index contributed by atoms with van der Waals surface area (Å²) in [4.78, 5) is 11.2. The Morgan fingerprint density at radius 1 is 1.27 bits per heavy atom. The fourth-order valence-corrected chi connectivity index (χ4v) is 1.22. The maximum absolute atomic E-state index is 11.2. The Hall–Kier alpha value is -0.630. The molecule has 62 valence electrons. The SMILES string of the molecule is CC1(C)C=CC(=O)C(C)(C)O1. The van der Waals surface area contributed by atoms with E-state index in [1.807, 2.05) is 13.8 Å². The van der Waals surface area contributed by atoms with E-state index in [2.05, 4.69) is 0 Å². The molecule has 0 aromatic heterocycles. The van der Waals surface area contributed by atoms with Crippen LogP contribution in [0.2, 0.25) is 0 Å². The van der Waals surface area contributed by atoms with Crippen LogP contribution in [-0.2, 0) is 9.53 Å². The second-order valence-corrected chi connectivity index (χ2v) is 3.91. The summed E-state index contributed by atoms with van der Waals surface area (Å²) in [7, 11) is 0. The van der Waals surface area contributed by atoms with Gasteiger partial charge in [-0.05, 0) is 39.8 Å². The van der Waals surface area contributed by atoms with Gasteiger partial charge in [0.1, 0.15) is 5.60 Å². The first-order chi connectivity index (χ1) is 4.83. The molecule has 0 atom stereocenters. The molecule has 1 aliphatic heterocycles. The second-order valence-electron chi connectivity index (χ2n) is 3.91. The van der Waals surface area contributed by atoms with Crippen LogP contribution in [0.25, 0.3) is 0 Å². The van der Waals surface area contributed by atoms with Crippen LogP contribution in [0, 0.1) is 0 Å². The fourth-order valence-electron chi connectivity index (χ4n) is 1.22. The first-order valence-electron chi connectivity index (χ1n) is 3.77. The van der Waals surface area contributed by atoms with E-state index in [0.717, 1.165) is 0 Å². The number of hydrogen-bond acceptors (Lipinski definition) is 2. The van der Waals surface area contributed by atoms with E-state index >= 15 is 0 Å². The van der Waals surface area contributed by atoms with E-state index in [1.54, 1.807) is 26.0 Å². The molecule has 2 heteroatoms. The van der Waals surface area contributed by atoms with Gasteiger partial charge in [0.25, 0.3) is 0 Å². The maximum Gasteiger partial charge on any atom is 0.186 e. The van der Waals surface area contributed by atoms with Gasteiger partial charge in [-0.25, -0.2) is 0 Å². The monoisotopic (exact) mass is 154 g/mol. The minimum atomic E-state index is -0.655. The average molecular weight is 154 g/mol. The van der Waals surface area contributed by atoms with Crippen molar-refractivity contribution in [3.05, 3.63) is 12.2 Å². The van der Waals surface area contributed by atoms with E-state index < -0.39 is 5.60 Å². The van der Waals surface area contributed by atoms with Crippen LogP contribution in [0.4, 0.5) is 0 Å². The minimum Gasteiger partial charge on any atom is -0.357 e. The first kappa shape index (κ1) is 8.47. The third-order valence-corrected chi connectivity index (χ3v) is 1.75. The first-order valence-corrected chi connectivity index (χ1v) is 3.77. The zero-order valence-corrected chi connectivity index (χ0v) is 7.47. The summed E-state index contributed by atoms with van der Waals surface area (Å²) in [6, 6.07) is 0. The predicted molar refractivity (Wildman–Crippen MR) is 43.4 cm³/mol. The van der Waals surface area contributed by atoms with Crippen molar-refractivity contribution >= 4 is 5.78 Å². The van der Waals surface area contributed by atoms with E-state index in [9.17, 15) is 4.79 Å². The minimum absolute atomic E-state index is 0.0387. The molecule has 0 amide bonds. The maximum atomic E-state index is 11.2. The number of hydrogen-bond donors (Lipinski definition) is 0. The number of carbonyl (C=O) groups excluding carboxylic acids is 1. The molecule has 0 radical (unpaired) electrons. The Bertz CT molecular complexity index is 212. The number of carbonyl (C=O) groups is 1. The van der Waals surface area contributed by atoms with Crippen LogP contribution in [0.5, 0.6) is 0 Å². The van der Waals surface area contributed by atoms with Crippen LogP contribution in [0.1, 0.15) is 27.7 Å². The molecule has 0 saturated heterocycles. The molecule has 0 unspecified atom stereocenters. The van der Waals surface area contributed by atoms with Crippen molar-refractivity contribution < 1.29 is 9.53 Å². The van der Waals surface area contributed by atoms with Crippen molar-refractivity contribution in [2.24, 2.45) is 0 Å². The lowest BCUT2D eigenvalue weighted by Gasteiger charge is -2.35. The van der Waals surface area contributed by atoms with Gasteiger partial charge in [-0.3, -0.25) is 4.79 Å². The summed E-state index contributed by atoms with van der Waals surface area (Å²) in [5.41, 5.74) is -0.963. The predicted octanol–water partition coefficient (Wildman–Crippen LogP) is 1.70. The van der Waals surface area contributed by atoms with Crippen LogP contribution in [0.3, 0.4) is 0 Å². The highest BCUT2D eigenvalue weighted by Gasteiger charge is 2.36. The zero-order chi connectivity index (χ0) is 8.70. The molecule has 1 heterocycles. The molecule has 0 saturated carbocycles. The number of rotatable bonds is 0. The van der Waals surface area contributed by atoms with Gasteiger partial charge in [0.2, 0.25) is 0 Å².